The van der Waals surface area contributed by atoms with Gasteiger partial charge in [-0.25, -0.2) is 0 Å². The first-order chi connectivity index (χ1) is 10.2. The first-order valence-electron chi connectivity index (χ1n) is 7.96. The van der Waals surface area contributed by atoms with Gasteiger partial charge in [-0.15, -0.1) is 0 Å². The summed E-state index contributed by atoms with van der Waals surface area (Å²) >= 11 is 0. The first-order valence-corrected chi connectivity index (χ1v) is 7.96. The number of nitrogens with one attached hydrogen (secondary N) is 2. The molecule has 1 atom stereocenters. The number of likely N-dealkylation sites (tertiary alicyclic amines) is 1. The van der Waals surface area contributed by atoms with Crippen LogP contribution in [-0.2, 0) is 12.8 Å². The van der Waals surface area contributed by atoms with E-state index in [4.69, 9.17) is 0 Å². The maximum atomic E-state index is 12.3. The van der Waals surface area contributed by atoms with Crippen LogP contribution in [0.5, 0.6) is 0 Å². The summed E-state index contributed by atoms with van der Waals surface area (Å²) in [7, 11) is 0. The van der Waals surface area contributed by atoms with Gasteiger partial charge in [-0.1, -0.05) is 6.92 Å². The summed E-state index contributed by atoms with van der Waals surface area (Å²) in [4.78, 5) is 29.5. The van der Waals surface area contributed by atoms with Crippen LogP contribution in [0.15, 0.2) is 10.9 Å². The van der Waals surface area contributed by atoms with E-state index in [0.29, 0.717) is 12.6 Å². The minimum Gasteiger partial charge on any atom is -0.350 e. The number of carbonyl (C=O) groups excluding carboxylic acids is 1. The third-order valence-electron chi connectivity index (χ3n) is 4.74. The van der Waals surface area contributed by atoms with E-state index in [-0.39, 0.29) is 17.0 Å². The first kappa shape index (κ1) is 14.3. The number of rotatable bonds is 4. The van der Waals surface area contributed by atoms with Gasteiger partial charge in [0.15, 0.2) is 0 Å². The van der Waals surface area contributed by atoms with Crippen LogP contribution in [-0.4, -0.2) is 41.5 Å². The largest absolute Gasteiger partial charge is 0.350 e. The van der Waals surface area contributed by atoms with Gasteiger partial charge in [0.05, 0.1) is 0 Å². The van der Waals surface area contributed by atoms with Crippen molar-refractivity contribution in [3.63, 3.8) is 0 Å². The van der Waals surface area contributed by atoms with Crippen molar-refractivity contribution in [3.8, 4) is 0 Å². The van der Waals surface area contributed by atoms with Gasteiger partial charge in [-0.2, -0.15) is 0 Å². The van der Waals surface area contributed by atoms with Crippen molar-refractivity contribution >= 4 is 5.91 Å². The molecule has 1 fully saturated rings. The summed E-state index contributed by atoms with van der Waals surface area (Å²) in [5, 5.41) is 2.94. The van der Waals surface area contributed by atoms with Crippen LogP contribution in [0.2, 0.25) is 0 Å². The number of H-pyrrole nitrogens is 1. The molecule has 1 aromatic rings. The highest BCUT2D eigenvalue weighted by Crippen LogP contribution is 2.19. The normalized spacial score (nSPS) is 21.5. The smallest absolute Gasteiger partial charge is 0.261 e. The van der Waals surface area contributed by atoms with E-state index in [9.17, 15) is 9.59 Å². The number of nitrogens with zero attached hydrogens (tertiary/aromatic N) is 1. The number of aryl methyl sites for hydroxylation is 2. The quantitative estimate of drug-likeness (QED) is 0.871. The van der Waals surface area contributed by atoms with E-state index >= 15 is 0 Å². The summed E-state index contributed by atoms with van der Waals surface area (Å²) in [6.07, 6.45) is 5.24. The lowest BCUT2D eigenvalue weighted by molar-refractivity contribution is 0.0939. The lowest BCUT2D eigenvalue weighted by Crippen LogP contribution is -2.41. The number of hydrogen-bond acceptors (Lipinski definition) is 3. The molecule has 0 bridgehead atoms. The van der Waals surface area contributed by atoms with E-state index in [1.807, 2.05) is 0 Å². The Kier molecular flexibility index (Phi) is 4.10. The molecule has 114 valence electrons. The average Bonchev–Trinajstić information content (AvgIpc) is 3.11. The van der Waals surface area contributed by atoms with Gasteiger partial charge >= 0.3 is 0 Å². The average molecular weight is 289 g/mol. The second kappa shape index (κ2) is 6.02. The monoisotopic (exact) mass is 289 g/mol. The molecule has 1 aliphatic heterocycles. The zero-order valence-electron chi connectivity index (χ0n) is 12.6. The molecule has 0 aromatic carbocycles. The maximum absolute atomic E-state index is 12.3. The third kappa shape index (κ3) is 2.88. The number of aromatic nitrogens is 1. The van der Waals surface area contributed by atoms with E-state index in [2.05, 4.69) is 22.1 Å². The molecule has 1 aromatic heterocycles. The maximum Gasteiger partial charge on any atom is 0.261 e. The van der Waals surface area contributed by atoms with Gasteiger partial charge in [0, 0.05) is 18.3 Å². The van der Waals surface area contributed by atoms with Crippen LogP contribution in [0.4, 0.5) is 0 Å². The molecule has 0 radical (unpaired) electrons. The number of pyridine rings is 1. The van der Waals surface area contributed by atoms with E-state index < -0.39 is 0 Å². The lowest BCUT2D eigenvalue weighted by Gasteiger charge is -2.22. The van der Waals surface area contributed by atoms with Crippen molar-refractivity contribution in [1.29, 1.82) is 0 Å². The molecular formula is C16H23N3O2. The van der Waals surface area contributed by atoms with Gasteiger partial charge < -0.3 is 10.3 Å². The Morgan fingerprint density at radius 1 is 1.43 bits per heavy atom. The highest BCUT2D eigenvalue weighted by molar-refractivity contribution is 5.94. The summed E-state index contributed by atoms with van der Waals surface area (Å²) in [6.45, 7) is 4.89. The molecule has 2 heterocycles. The Hall–Kier alpha value is -1.62. The van der Waals surface area contributed by atoms with Crippen molar-refractivity contribution in [2.45, 2.75) is 45.1 Å². The van der Waals surface area contributed by atoms with Crippen LogP contribution < -0.4 is 10.9 Å². The van der Waals surface area contributed by atoms with Crippen molar-refractivity contribution in [1.82, 2.24) is 15.2 Å². The Morgan fingerprint density at radius 2 is 2.29 bits per heavy atom. The van der Waals surface area contributed by atoms with E-state index in [1.54, 1.807) is 6.07 Å². The molecule has 5 heteroatoms. The van der Waals surface area contributed by atoms with Crippen molar-refractivity contribution < 1.29 is 4.79 Å². The Morgan fingerprint density at radius 3 is 3.10 bits per heavy atom. The molecule has 1 amide bonds. The van der Waals surface area contributed by atoms with Crippen molar-refractivity contribution in [2.24, 2.45) is 0 Å². The predicted octanol–water partition coefficient (Wildman–Crippen LogP) is 1.08. The van der Waals surface area contributed by atoms with Crippen LogP contribution in [0.3, 0.4) is 0 Å². The third-order valence-corrected chi connectivity index (χ3v) is 4.74. The number of hydrogen-bond donors (Lipinski definition) is 2. The fraction of sp³-hybridized carbons (Fsp3) is 0.625. The highest BCUT2D eigenvalue weighted by Gasteiger charge is 2.24. The number of fused-ring (bicyclic) bond motifs is 1. The van der Waals surface area contributed by atoms with Crippen molar-refractivity contribution in [3.05, 3.63) is 33.2 Å². The van der Waals surface area contributed by atoms with Gasteiger partial charge in [-0.3, -0.25) is 14.5 Å². The second-order valence-electron chi connectivity index (χ2n) is 6.00. The fourth-order valence-corrected chi connectivity index (χ4v) is 3.53. The highest BCUT2D eigenvalue weighted by atomic mass is 16.2. The molecule has 21 heavy (non-hydrogen) atoms. The summed E-state index contributed by atoms with van der Waals surface area (Å²) in [5.41, 5.74) is 2.13. The minimum atomic E-state index is -0.257. The number of carbonyl (C=O) groups is 1. The molecule has 5 nitrogen and oxygen atoms in total. The molecular weight excluding hydrogens is 266 g/mol. The number of amides is 1. The summed E-state index contributed by atoms with van der Waals surface area (Å²) in [5.74, 6) is -0.242. The molecule has 2 aliphatic rings. The lowest BCUT2D eigenvalue weighted by atomic mass is 10.1. The van der Waals surface area contributed by atoms with E-state index in [1.165, 1.54) is 6.42 Å². The molecule has 3 rings (SSSR count). The Balaban J connectivity index is 1.67. The SMILES string of the molecule is CCN1CCC[C@H]1CNC(=O)c1cc2c([nH]c1=O)CCC2. The molecule has 1 saturated heterocycles. The van der Waals surface area contributed by atoms with Gasteiger partial charge in [-0.05, 0) is 56.8 Å². The number of aromatic amines is 1. The van der Waals surface area contributed by atoms with Gasteiger partial charge in [0.25, 0.3) is 11.5 Å². The van der Waals surface area contributed by atoms with Crippen molar-refractivity contribution in [2.75, 3.05) is 19.6 Å². The second-order valence-corrected chi connectivity index (χ2v) is 6.00. The minimum absolute atomic E-state index is 0.242. The topological polar surface area (TPSA) is 65.2 Å². The molecule has 1 aliphatic carbocycles. The van der Waals surface area contributed by atoms with Gasteiger partial charge in [0.2, 0.25) is 0 Å². The predicted molar refractivity (Wildman–Crippen MR) is 81.7 cm³/mol. The zero-order valence-corrected chi connectivity index (χ0v) is 12.6. The Labute approximate surface area is 124 Å². The molecule has 0 saturated carbocycles. The number of likely N-dealkylation sites (N-methyl/N-ethyl adjacent to an activating group) is 1. The molecule has 2 N–H and O–H groups in total. The molecule has 0 unspecified atom stereocenters. The zero-order chi connectivity index (χ0) is 14.8. The summed E-state index contributed by atoms with van der Waals surface area (Å²) < 4.78 is 0. The van der Waals surface area contributed by atoms with Gasteiger partial charge in [0.1, 0.15) is 5.56 Å². The Bertz CT molecular complexity index is 594. The standard InChI is InChI=1S/C16H23N3O2/c1-2-19-8-4-6-12(19)10-17-15(20)13-9-11-5-3-7-14(11)18-16(13)21/h9,12H,2-8,10H2,1H3,(H,17,20)(H,18,21)/t12-/m0/s1. The fourth-order valence-electron chi connectivity index (χ4n) is 3.53. The van der Waals surface area contributed by atoms with Crippen LogP contribution >= 0.6 is 0 Å². The van der Waals surface area contributed by atoms with Crippen LogP contribution in [0.25, 0.3) is 0 Å². The van der Waals surface area contributed by atoms with Crippen LogP contribution in [0, 0.1) is 0 Å². The summed E-state index contributed by atoms with van der Waals surface area (Å²) in [6, 6.07) is 2.19. The van der Waals surface area contributed by atoms with Crippen LogP contribution in [0.1, 0.15) is 47.8 Å². The van der Waals surface area contributed by atoms with E-state index in [0.717, 1.165) is 50.0 Å². The molecule has 0 spiro atoms.